The molecule has 0 bridgehead atoms. The molecule has 1 aliphatic carbocycles. The normalized spacial score (nSPS) is 13.3. The molecule has 0 spiro atoms. The minimum atomic E-state index is -1.11. The first-order chi connectivity index (χ1) is 16.7. The van der Waals surface area contributed by atoms with E-state index in [0.29, 0.717) is 25.8 Å². The average Bonchev–Trinajstić information content (AvgIpc) is 3.11. The quantitative estimate of drug-likeness (QED) is 0.408. The summed E-state index contributed by atoms with van der Waals surface area (Å²) in [5, 5.41) is 14.6. The summed E-state index contributed by atoms with van der Waals surface area (Å²) in [6, 6.07) is 15.0. The Balaban J connectivity index is 1.42. The summed E-state index contributed by atoms with van der Waals surface area (Å²) in [7, 11) is 0. The Morgan fingerprint density at radius 1 is 0.914 bits per heavy atom. The first-order valence-corrected chi connectivity index (χ1v) is 12.0. The minimum Gasteiger partial charge on any atom is -0.480 e. The SMILES string of the molecule is CC(C)(C)OC(=O)NCCCCC[C@H](NC(=O)OCC1c2ccccc2-c2ccccc21)C(=O)O. The molecule has 2 aromatic carbocycles. The van der Waals surface area contributed by atoms with Gasteiger partial charge in [0.2, 0.25) is 0 Å². The lowest BCUT2D eigenvalue weighted by atomic mass is 9.98. The van der Waals surface area contributed by atoms with Crippen LogP contribution in [0, 0.1) is 0 Å². The molecule has 3 rings (SSSR count). The molecule has 0 aromatic heterocycles. The van der Waals surface area contributed by atoms with E-state index in [4.69, 9.17) is 9.47 Å². The number of fused-ring (bicyclic) bond motifs is 3. The van der Waals surface area contributed by atoms with E-state index in [9.17, 15) is 19.5 Å². The molecule has 0 fully saturated rings. The maximum Gasteiger partial charge on any atom is 0.407 e. The van der Waals surface area contributed by atoms with E-state index >= 15 is 0 Å². The molecular weight excluding hydrogens is 448 g/mol. The third-order valence-corrected chi connectivity index (χ3v) is 5.77. The zero-order valence-electron chi connectivity index (χ0n) is 20.5. The number of carboxylic acid groups (broad SMARTS) is 1. The van der Waals surface area contributed by atoms with E-state index in [0.717, 1.165) is 22.3 Å². The summed E-state index contributed by atoms with van der Waals surface area (Å²) in [6.07, 6.45) is 1.01. The Labute approximate surface area is 206 Å². The maximum absolute atomic E-state index is 12.4. The van der Waals surface area contributed by atoms with Gasteiger partial charge in [0, 0.05) is 12.5 Å². The van der Waals surface area contributed by atoms with Crippen molar-refractivity contribution in [1.82, 2.24) is 10.6 Å². The van der Waals surface area contributed by atoms with Gasteiger partial charge in [-0.05, 0) is 55.9 Å². The van der Waals surface area contributed by atoms with Gasteiger partial charge in [-0.1, -0.05) is 61.4 Å². The fraction of sp³-hybridized carbons (Fsp3) is 0.444. The van der Waals surface area contributed by atoms with Gasteiger partial charge in [0.15, 0.2) is 0 Å². The number of carboxylic acids is 1. The summed E-state index contributed by atoms with van der Waals surface area (Å²) >= 11 is 0. The molecular formula is C27H34N2O6. The summed E-state index contributed by atoms with van der Waals surface area (Å²) in [5.74, 6) is -1.20. The lowest BCUT2D eigenvalue weighted by Crippen LogP contribution is -2.41. The predicted octanol–water partition coefficient (Wildman–Crippen LogP) is 5.06. The van der Waals surface area contributed by atoms with Crippen molar-refractivity contribution >= 4 is 18.2 Å². The van der Waals surface area contributed by atoms with Crippen LogP contribution in [0.15, 0.2) is 48.5 Å². The standard InChI is InChI=1S/C27H34N2O6/c1-27(2,3)35-25(32)28-16-10-4-5-15-23(24(30)31)29-26(33)34-17-22-20-13-8-6-11-18(20)19-12-7-9-14-21(19)22/h6-9,11-14,22-23H,4-5,10,15-17H2,1-3H3,(H,28,32)(H,29,33)(H,30,31)/t23-/m0/s1. The van der Waals surface area contributed by atoms with Crippen molar-refractivity contribution in [2.45, 2.75) is 64.0 Å². The number of amides is 2. The van der Waals surface area contributed by atoms with Crippen LogP contribution in [0.4, 0.5) is 9.59 Å². The average molecular weight is 483 g/mol. The Morgan fingerprint density at radius 3 is 2.09 bits per heavy atom. The first kappa shape index (κ1) is 26.1. The molecule has 8 nitrogen and oxygen atoms in total. The number of unbranched alkanes of at least 4 members (excludes halogenated alkanes) is 2. The number of hydrogen-bond acceptors (Lipinski definition) is 5. The number of hydrogen-bond donors (Lipinski definition) is 3. The number of carbonyl (C=O) groups is 3. The van der Waals surface area contributed by atoms with Gasteiger partial charge >= 0.3 is 18.2 Å². The molecule has 0 saturated carbocycles. The van der Waals surface area contributed by atoms with Crippen LogP contribution in [-0.4, -0.2) is 48.1 Å². The molecule has 1 atom stereocenters. The fourth-order valence-electron chi connectivity index (χ4n) is 4.19. The van der Waals surface area contributed by atoms with Crippen molar-refractivity contribution in [3.8, 4) is 11.1 Å². The predicted molar refractivity (Wildman–Crippen MR) is 132 cm³/mol. The number of rotatable bonds is 10. The van der Waals surface area contributed by atoms with Gasteiger partial charge in [-0.25, -0.2) is 14.4 Å². The van der Waals surface area contributed by atoms with Crippen LogP contribution in [0.25, 0.3) is 11.1 Å². The molecule has 0 aliphatic heterocycles. The highest BCUT2D eigenvalue weighted by Crippen LogP contribution is 2.44. The van der Waals surface area contributed by atoms with Crippen LogP contribution < -0.4 is 10.6 Å². The van der Waals surface area contributed by atoms with Crippen molar-refractivity contribution in [1.29, 1.82) is 0 Å². The zero-order chi connectivity index (χ0) is 25.4. The number of benzene rings is 2. The van der Waals surface area contributed by atoms with E-state index in [2.05, 4.69) is 22.8 Å². The maximum atomic E-state index is 12.4. The molecule has 0 radical (unpaired) electrons. The highest BCUT2D eigenvalue weighted by Gasteiger charge is 2.29. The van der Waals surface area contributed by atoms with Gasteiger partial charge in [0.25, 0.3) is 0 Å². The van der Waals surface area contributed by atoms with Crippen LogP contribution in [0.2, 0.25) is 0 Å². The zero-order valence-corrected chi connectivity index (χ0v) is 20.5. The molecule has 0 saturated heterocycles. The highest BCUT2D eigenvalue weighted by molar-refractivity contribution is 5.81. The molecule has 2 aromatic rings. The second kappa shape index (κ2) is 11.7. The van der Waals surface area contributed by atoms with Crippen molar-refractivity contribution < 1.29 is 29.0 Å². The topological polar surface area (TPSA) is 114 Å². The van der Waals surface area contributed by atoms with E-state index in [1.807, 2.05) is 36.4 Å². The number of alkyl carbamates (subject to hydrolysis) is 2. The highest BCUT2D eigenvalue weighted by atomic mass is 16.6. The van der Waals surface area contributed by atoms with Crippen molar-refractivity contribution in [2.24, 2.45) is 0 Å². The summed E-state index contributed by atoms with van der Waals surface area (Å²) in [6.45, 7) is 5.95. The van der Waals surface area contributed by atoms with Crippen LogP contribution in [0.1, 0.15) is 63.5 Å². The van der Waals surface area contributed by atoms with Crippen molar-refractivity contribution in [3.63, 3.8) is 0 Å². The second-order valence-electron chi connectivity index (χ2n) is 9.64. The van der Waals surface area contributed by atoms with E-state index < -0.39 is 29.8 Å². The van der Waals surface area contributed by atoms with Crippen LogP contribution in [0.3, 0.4) is 0 Å². The molecule has 1 aliphatic rings. The van der Waals surface area contributed by atoms with Gasteiger partial charge in [0.1, 0.15) is 18.2 Å². The molecule has 8 heteroatoms. The molecule has 0 heterocycles. The van der Waals surface area contributed by atoms with Gasteiger partial charge in [0.05, 0.1) is 0 Å². The monoisotopic (exact) mass is 482 g/mol. The Morgan fingerprint density at radius 2 is 1.51 bits per heavy atom. The number of ether oxygens (including phenoxy) is 2. The number of carbonyl (C=O) groups excluding carboxylic acids is 2. The Bertz CT molecular complexity index is 1000. The van der Waals surface area contributed by atoms with E-state index in [1.54, 1.807) is 20.8 Å². The Kier molecular flexibility index (Phi) is 8.73. The first-order valence-electron chi connectivity index (χ1n) is 12.0. The number of nitrogens with one attached hydrogen (secondary N) is 2. The molecule has 35 heavy (non-hydrogen) atoms. The van der Waals surface area contributed by atoms with Crippen molar-refractivity contribution in [3.05, 3.63) is 59.7 Å². The number of aliphatic carboxylic acids is 1. The van der Waals surface area contributed by atoms with Gasteiger partial charge in [-0.15, -0.1) is 0 Å². The molecule has 2 amide bonds. The molecule has 0 unspecified atom stereocenters. The molecule has 3 N–H and O–H groups in total. The fourth-order valence-corrected chi connectivity index (χ4v) is 4.19. The smallest absolute Gasteiger partial charge is 0.407 e. The third kappa shape index (κ3) is 7.47. The van der Waals surface area contributed by atoms with E-state index in [-0.39, 0.29) is 18.9 Å². The summed E-state index contributed by atoms with van der Waals surface area (Å²) < 4.78 is 10.6. The lowest BCUT2D eigenvalue weighted by molar-refractivity contribution is -0.139. The van der Waals surface area contributed by atoms with Crippen molar-refractivity contribution in [2.75, 3.05) is 13.2 Å². The third-order valence-electron chi connectivity index (χ3n) is 5.77. The molecule has 188 valence electrons. The van der Waals surface area contributed by atoms with E-state index in [1.165, 1.54) is 0 Å². The lowest BCUT2D eigenvalue weighted by Gasteiger charge is -2.19. The second-order valence-corrected chi connectivity index (χ2v) is 9.64. The van der Waals surface area contributed by atoms with Gasteiger partial charge < -0.3 is 25.2 Å². The van der Waals surface area contributed by atoms with Gasteiger partial charge in [-0.3, -0.25) is 0 Å². The summed E-state index contributed by atoms with van der Waals surface area (Å²) in [4.78, 5) is 35.7. The Hall–Kier alpha value is -3.55. The minimum absolute atomic E-state index is 0.0890. The van der Waals surface area contributed by atoms with Crippen LogP contribution >= 0.6 is 0 Å². The van der Waals surface area contributed by atoms with Crippen LogP contribution in [-0.2, 0) is 14.3 Å². The van der Waals surface area contributed by atoms with Crippen LogP contribution in [0.5, 0.6) is 0 Å². The largest absolute Gasteiger partial charge is 0.480 e. The van der Waals surface area contributed by atoms with Gasteiger partial charge in [-0.2, -0.15) is 0 Å². The summed E-state index contributed by atoms with van der Waals surface area (Å²) in [5.41, 5.74) is 3.89.